The minimum Gasteiger partial charge on any atom is -0.489 e. The molecule has 0 saturated heterocycles. The Morgan fingerprint density at radius 2 is 2.14 bits per heavy atom. The molecule has 1 aromatic heterocycles. The molecule has 2 aromatic rings. The van der Waals surface area contributed by atoms with Gasteiger partial charge in [-0.3, -0.25) is 4.68 Å². The maximum absolute atomic E-state index is 12.4. The average Bonchev–Trinajstić information content (AvgIpc) is 3.31. The van der Waals surface area contributed by atoms with E-state index in [1.165, 1.54) is 12.8 Å². The van der Waals surface area contributed by atoms with Gasteiger partial charge in [-0.2, -0.15) is 5.10 Å². The van der Waals surface area contributed by atoms with Crippen LogP contribution in [0.15, 0.2) is 36.2 Å². The Balaban J connectivity index is 1.70. The number of nitrogens with two attached hydrogens (primary N) is 1. The largest absolute Gasteiger partial charge is 0.489 e. The Morgan fingerprint density at radius 1 is 1.41 bits per heavy atom. The summed E-state index contributed by atoms with van der Waals surface area (Å²) < 4.78 is 19.8. The summed E-state index contributed by atoms with van der Waals surface area (Å²) >= 11 is 0. The normalized spacial score (nSPS) is 15.1. The summed E-state index contributed by atoms with van der Waals surface area (Å²) in [5.41, 5.74) is 6.75. The zero-order valence-corrected chi connectivity index (χ0v) is 12.5. The van der Waals surface area contributed by atoms with Gasteiger partial charge >= 0.3 is 0 Å². The van der Waals surface area contributed by atoms with E-state index in [1.54, 1.807) is 0 Å². The van der Waals surface area contributed by atoms with E-state index in [1.807, 2.05) is 36.0 Å². The van der Waals surface area contributed by atoms with Crippen molar-refractivity contribution in [2.24, 2.45) is 12.8 Å². The van der Waals surface area contributed by atoms with Gasteiger partial charge in [0.1, 0.15) is 18.2 Å². The fourth-order valence-electron chi connectivity index (χ4n) is 2.23. The smallest absolute Gasteiger partial charge is 0.181 e. The van der Waals surface area contributed by atoms with Crippen molar-refractivity contribution < 1.29 is 9.13 Å². The van der Waals surface area contributed by atoms with Crippen LogP contribution in [-0.2, 0) is 7.05 Å². The zero-order valence-electron chi connectivity index (χ0n) is 12.5. The van der Waals surface area contributed by atoms with Crippen LogP contribution < -0.4 is 10.5 Å². The van der Waals surface area contributed by atoms with Crippen molar-refractivity contribution in [3.63, 3.8) is 0 Å². The van der Waals surface area contributed by atoms with E-state index in [2.05, 4.69) is 10.1 Å². The molecule has 1 aliphatic rings. The fraction of sp³-hybridized carbons (Fsp3) is 0.375. The molecule has 1 aliphatic carbocycles. The monoisotopic (exact) mass is 302 g/mol. The predicted molar refractivity (Wildman–Crippen MR) is 82.2 cm³/mol. The maximum atomic E-state index is 12.4. The van der Waals surface area contributed by atoms with Gasteiger partial charge in [0.05, 0.1) is 6.33 Å². The SMILES string of the molecule is Cn1nc(-c2ccc(OC/C(=C/F)CN)cc2)nc1C1CC1. The lowest BCUT2D eigenvalue weighted by Gasteiger charge is -2.07. The molecule has 0 amide bonds. The van der Waals surface area contributed by atoms with Crippen molar-refractivity contribution >= 4 is 0 Å². The van der Waals surface area contributed by atoms with Crippen LogP contribution in [-0.4, -0.2) is 27.9 Å². The van der Waals surface area contributed by atoms with Crippen LogP contribution in [0.5, 0.6) is 5.75 Å². The number of rotatable bonds is 6. The molecule has 1 saturated carbocycles. The van der Waals surface area contributed by atoms with E-state index in [0.717, 1.165) is 17.2 Å². The van der Waals surface area contributed by atoms with E-state index in [-0.39, 0.29) is 13.2 Å². The topological polar surface area (TPSA) is 66.0 Å². The number of aryl methyl sites for hydroxylation is 1. The van der Waals surface area contributed by atoms with Crippen LogP contribution in [0.3, 0.4) is 0 Å². The molecule has 1 fully saturated rings. The Morgan fingerprint density at radius 3 is 2.73 bits per heavy atom. The van der Waals surface area contributed by atoms with Gasteiger partial charge < -0.3 is 10.5 Å². The molecular formula is C16H19FN4O. The van der Waals surface area contributed by atoms with Gasteiger partial charge in [0.2, 0.25) is 0 Å². The standard InChI is InChI=1S/C16H19FN4O/c1-21-16(13-2-3-13)19-15(20-21)12-4-6-14(7-5-12)22-10-11(8-17)9-18/h4-8,13H,2-3,9-10,18H2,1H3/b11-8+. The molecule has 1 aromatic carbocycles. The number of hydrogen-bond acceptors (Lipinski definition) is 4. The minimum absolute atomic E-state index is 0.149. The number of benzene rings is 1. The Bertz CT molecular complexity index is 674. The molecule has 0 unspecified atom stereocenters. The summed E-state index contributed by atoms with van der Waals surface area (Å²) in [5.74, 6) is 3.00. The number of nitrogens with zero attached hydrogens (tertiary/aromatic N) is 3. The van der Waals surface area contributed by atoms with Gasteiger partial charge in [-0.1, -0.05) is 0 Å². The molecule has 1 heterocycles. The summed E-state index contributed by atoms with van der Waals surface area (Å²) in [6.45, 7) is 0.302. The molecular weight excluding hydrogens is 283 g/mol. The zero-order chi connectivity index (χ0) is 15.5. The fourth-order valence-corrected chi connectivity index (χ4v) is 2.23. The van der Waals surface area contributed by atoms with Crippen LogP contribution >= 0.6 is 0 Å². The summed E-state index contributed by atoms with van der Waals surface area (Å²) in [6, 6.07) is 7.47. The molecule has 5 nitrogen and oxygen atoms in total. The lowest BCUT2D eigenvalue weighted by Crippen LogP contribution is -2.10. The first-order valence-electron chi connectivity index (χ1n) is 7.33. The number of hydrogen-bond donors (Lipinski definition) is 1. The van der Waals surface area contributed by atoms with E-state index >= 15 is 0 Å². The lowest BCUT2D eigenvalue weighted by atomic mass is 10.2. The van der Waals surface area contributed by atoms with Crippen LogP contribution in [0.2, 0.25) is 0 Å². The van der Waals surface area contributed by atoms with Gasteiger partial charge in [0.15, 0.2) is 5.82 Å². The Kier molecular flexibility index (Phi) is 4.20. The second kappa shape index (κ2) is 6.27. The van der Waals surface area contributed by atoms with Crippen LogP contribution in [0.1, 0.15) is 24.6 Å². The Hall–Kier alpha value is -2.21. The van der Waals surface area contributed by atoms with Crippen LogP contribution in [0.25, 0.3) is 11.4 Å². The van der Waals surface area contributed by atoms with Crippen molar-refractivity contribution in [3.8, 4) is 17.1 Å². The van der Waals surface area contributed by atoms with Crippen molar-refractivity contribution in [1.82, 2.24) is 14.8 Å². The first-order chi connectivity index (χ1) is 10.7. The van der Waals surface area contributed by atoms with E-state index in [9.17, 15) is 4.39 Å². The van der Waals surface area contributed by atoms with Crippen LogP contribution in [0.4, 0.5) is 4.39 Å². The van der Waals surface area contributed by atoms with E-state index in [4.69, 9.17) is 10.5 Å². The third-order valence-electron chi connectivity index (χ3n) is 3.69. The van der Waals surface area contributed by atoms with Crippen molar-refractivity contribution in [2.45, 2.75) is 18.8 Å². The molecule has 0 radical (unpaired) electrons. The minimum atomic E-state index is 0.149. The predicted octanol–water partition coefficient (Wildman–Crippen LogP) is 2.55. The highest BCUT2D eigenvalue weighted by atomic mass is 19.1. The highest BCUT2D eigenvalue weighted by Gasteiger charge is 2.29. The van der Waals surface area contributed by atoms with Gasteiger partial charge in [-0.15, -0.1) is 0 Å². The average molecular weight is 302 g/mol. The Labute approximate surface area is 128 Å². The van der Waals surface area contributed by atoms with Crippen molar-refractivity contribution in [2.75, 3.05) is 13.2 Å². The second-order valence-electron chi connectivity index (χ2n) is 5.48. The summed E-state index contributed by atoms with van der Waals surface area (Å²) in [5, 5.41) is 4.46. The number of ether oxygens (including phenoxy) is 1. The molecule has 0 atom stereocenters. The molecule has 22 heavy (non-hydrogen) atoms. The molecule has 116 valence electrons. The highest BCUT2D eigenvalue weighted by molar-refractivity contribution is 5.56. The highest BCUT2D eigenvalue weighted by Crippen LogP contribution is 2.39. The summed E-state index contributed by atoms with van der Waals surface area (Å²) in [6.07, 6.45) is 2.89. The molecule has 0 spiro atoms. The molecule has 6 heteroatoms. The van der Waals surface area contributed by atoms with Crippen LogP contribution in [0, 0.1) is 0 Å². The summed E-state index contributed by atoms with van der Waals surface area (Å²) in [7, 11) is 1.93. The third-order valence-corrected chi connectivity index (χ3v) is 3.69. The third kappa shape index (κ3) is 3.17. The molecule has 2 N–H and O–H groups in total. The lowest BCUT2D eigenvalue weighted by molar-refractivity contribution is 0.347. The van der Waals surface area contributed by atoms with Gasteiger partial charge in [-0.25, -0.2) is 9.37 Å². The van der Waals surface area contributed by atoms with E-state index in [0.29, 0.717) is 23.6 Å². The van der Waals surface area contributed by atoms with Gasteiger partial charge in [0.25, 0.3) is 0 Å². The maximum Gasteiger partial charge on any atom is 0.181 e. The number of aromatic nitrogens is 3. The first-order valence-corrected chi connectivity index (χ1v) is 7.33. The van der Waals surface area contributed by atoms with Crippen molar-refractivity contribution in [3.05, 3.63) is 42.0 Å². The van der Waals surface area contributed by atoms with Crippen molar-refractivity contribution in [1.29, 1.82) is 0 Å². The summed E-state index contributed by atoms with van der Waals surface area (Å²) in [4.78, 5) is 4.61. The molecule has 0 aliphatic heterocycles. The van der Waals surface area contributed by atoms with Gasteiger partial charge in [0, 0.05) is 30.6 Å². The van der Waals surface area contributed by atoms with Gasteiger partial charge in [-0.05, 0) is 37.1 Å². The quantitative estimate of drug-likeness (QED) is 0.890. The van der Waals surface area contributed by atoms with E-state index < -0.39 is 0 Å². The molecule has 3 rings (SSSR count). The first kappa shape index (κ1) is 14.7. The molecule has 0 bridgehead atoms. The second-order valence-corrected chi connectivity index (χ2v) is 5.48. The number of halogens is 1.